The fraction of sp³-hybridized carbons (Fsp3) is 0.895. The van der Waals surface area contributed by atoms with E-state index in [1.54, 1.807) is 0 Å². The molecule has 0 aliphatic rings. The first kappa shape index (κ1) is 19.7. The van der Waals surface area contributed by atoms with Gasteiger partial charge in [0.1, 0.15) is 0 Å². The standard InChI is InChI=1S/C19H38O/c1-3-4-5-10-13-16-19(2)17-14-11-8-6-7-9-12-15-18-20/h13,16,19-20H,3-12,14-15,17-18H2,1-2H3. The van der Waals surface area contributed by atoms with Crippen LogP contribution in [0.3, 0.4) is 0 Å². The molecule has 120 valence electrons. The van der Waals surface area contributed by atoms with E-state index in [-0.39, 0.29) is 0 Å². The number of hydrogen-bond donors (Lipinski definition) is 1. The molecule has 1 N–H and O–H groups in total. The van der Waals surface area contributed by atoms with Crippen molar-refractivity contribution in [2.24, 2.45) is 5.92 Å². The van der Waals surface area contributed by atoms with Gasteiger partial charge in [0.2, 0.25) is 0 Å². The Labute approximate surface area is 127 Å². The molecule has 0 aromatic rings. The topological polar surface area (TPSA) is 20.2 Å². The molecule has 0 heterocycles. The molecule has 1 heteroatoms. The first-order chi connectivity index (χ1) is 9.81. The Morgan fingerprint density at radius 2 is 1.40 bits per heavy atom. The molecule has 1 atom stereocenters. The van der Waals surface area contributed by atoms with Gasteiger partial charge in [-0.1, -0.05) is 83.8 Å². The Morgan fingerprint density at radius 1 is 0.800 bits per heavy atom. The second kappa shape index (κ2) is 16.8. The molecule has 0 aliphatic heterocycles. The molecule has 0 aromatic carbocycles. The van der Waals surface area contributed by atoms with E-state index >= 15 is 0 Å². The van der Waals surface area contributed by atoms with E-state index in [0.717, 1.165) is 12.3 Å². The van der Waals surface area contributed by atoms with Gasteiger partial charge in [-0.05, 0) is 31.6 Å². The monoisotopic (exact) mass is 282 g/mol. The zero-order chi connectivity index (χ0) is 14.9. The summed E-state index contributed by atoms with van der Waals surface area (Å²) in [6, 6.07) is 0. The smallest absolute Gasteiger partial charge is 0.0431 e. The first-order valence-electron chi connectivity index (χ1n) is 9.08. The summed E-state index contributed by atoms with van der Waals surface area (Å²) >= 11 is 0. The van der Waals surface area contributed by atoms with Crippen molar-refractivity contribution in [1.29, 1.82) is 0 Å². The fourth-order valence-corrected chi connectivity index (χ4v) is 2.58. The minimum absolute atomic E-state index is 0.365. The summed E-state index contributed by atoms with van der Waals surface area (Å²) in [5, 5.41) is 8.69. The van der Waals surface area contributed by atoms with Crippen LogP contribution in [0.2, 0.25) is 0 Å². The molecule has 1 unspecified atom stereocenters. The second-order valence-electron chi connectivity index (χ2n) is 6.24. The maximum atomic E-state index is 8.69. The molecule has 0 saturated heterocycles. The van der Waals surface area contributed by atoms with Gasteiger partial charge >= 0.3 is 0 Å². The highest BCUT2D eigenvalue weighted by molar-refractivity contribution is 4.86. The highest BCUT2D eigenvalue weighted by atomic mass is 16.2. The molecule has 0 fully saturated rings. The zero-order valence-corrected chi connectivity index (χ0v) is 14.1. The number of hydrogen-bond acceptors (Lipinski definition) is 1. The molecule has 0 aliphatic carbocycles. The van der Waals surface area contributed by atoms with Gasteiger partial charge in [0.25, 0.3) is 0 Å². The maximum absolute atomic E-state index is 8.69. The predicted molar refractivity (Wildman–Crippen MR) is 91.1 cm³/mol. The van der Waals surface area contributed by atoms with E-state index < -0.39 is 0 Å². The third kappa shape index (κ3) is 15.8. The van der Waals surface area contributed by atoms with Gasteiger partial charge < -0.3 is 5.11 Å². The van der Waals surface area contributed by atoms with Crippen LogP contribution in [-0.2, 0) is 0 Å². The van der Waals surface area contributed by atoms with Crippen LogP contribution in [-0.4, -0.2) is 11.7 Å². The lowest BCUT2D eigenvalue weighted by Gasteiger charge is -2.06. The van der Waals surface area contributed by atoms with E-state index in [4.69, 9.17) is 5.11 Å². The van der Waals surface area contributed by atoms with Crippen LogP contribution >= 0.6 is 0 Å². The number of rotatable bonds is 15. The van der Waals surface area contributed by atoms with Gasteiger partial charge in [0.05, 0.1) is 0 Å². The molecule has 0 radical (unpaired) electrons. The maximum Gasteiger partial charge on any atom is 0.0431 e. The number of aliphatic hydroxyl groups is 1. The fourth-order valence-electron chi connectivity index (χ4n) is 2.58. The molecule has 0 rings (SSSR count). The summed E-state index contributed by atoms with van der Waals surface area (Å²) in [6.07, 6.45) is 21.9. The van der Waals surface area contributed by atoms with Crippen LogP contribution in [0, 0.1) is 5.92 Å². The van der Waals surface area contributed by atoms with Crippen molar-refractivity contribution in [3.8, 4) is 0 Å². The summed E-state index contributed by atoms with van der Waals surface area (Å²) in [6.45, 7) is 4.98. The highest BCUT2D eigenvalue weighted by Gasteiger charge is 1.97. The summed E-state index contributed by atoms with van der Waals surface area (Å²) in [4.78, 5) is 0. The van der Waals surface area contributed by atoms with E-state index in [1.807, 2.05) is 0 Å². The van der Waals surface area contributed by atoms with Gasteiger partial charge in [-0.3, -0.25) is 0 Å². The third-order valence-corrected chi connectivity index (χ3v) is 4.01. The number of unbranched alkanes of at least 4 members (excludes halogenated alkanes) is 10. The minimum Gasteiger partial charge on any atom is -0.396 e. The Kier molecular flexibility index (Phi) is 16.5. The largest absolute Gasteiger partial charge is 0.396 e. The van der Waals surface area contributed by atoms with Crippen LogP contribution < -0.4 is 0 Å². The van der Waals surface area contributed by atoms with Crippen molar-refractivity contribution in [1.82, 2.24) is 0 Å². The minimum atomic E-state index is 0.365. The van der Waals surface area contributed by atoms with E-state index in [1.165, 1.54) is 77.0 Å². The zero-order valence-electron chi connectivity index (χ0n) is 14.1. The molecule has 0 bridgehead atoms. The highest BCUT2D eigenvalue weighted by Crippen LogP contribution is 2.14. The van der Waals surface area contributed by atoms with Crippen molar-refractivity contribution in [3.63, 3.8) is 0 Å². The molecule has 20 heavy (non-hydrogen) atoms. The number of aliphatic hydroxyl groups excluding tert-OH is 1. The van der Waals surface area contributed by atoms with Crippen LogP contribution in [0.5, 0.6) is 0 Å². The van der Waals surface area contributed by atoms with Crippen LogP contribution in [0.4, 0.5) is 0 Å². The molecule has 0 amide bonds. The van der Waals surface area contributed by atoms with E-state index in [9.17, 15) is 0 Å². The lowest BCUT2D eigenvalue weighted by molar-refractivity contribution is 0.282. The molecular weight excluding hydrogens is 244 g/mol. The average Bonchev–Trinajstić information content (AvgIpc) is 2.45. The molecule has 0 spiro atoms. The Morgan fingerprint density at radius 3 is 2.00 bits per heavy atom. The van der Waals surface area contributed by atoms with Gasteiger partial charge in [-0.15, -0.1) is 0 Å². The molecule has 1 nitrogen and oxygen atoms in total. The Hall–Kier alpha value is -0.300. The van der Waals surface area contributed by atoms with Gasteiger partial charge in [0, 0.05) is 6.61 Å². The van der Waals surface area contributed by atoms with Gasteiger partial charge in [-0.25, -0.2) is 0 Å². The van der Waals surface area contributed by atoms with Crippen LogP contribution in [0.15, 0.2) is 12.2 Å². The van der Waals surface area contributed by atoms with E-state index in [2.05, 4.69) is 26.0 Å². The summed E-state index contributed by atoms with van der Waals surface area (Å²) in [5.41, 5.74) is 0. The van der Waals surface area contributed by atoms with Crippen molar-refractivity contribution >= 4 is 0 Å². The van der Waals surface area contributed by atoms with Crippen molar-refractivity contribution in [2.45, 2.75) is 97.3 Å². The molecular formula is C19H38O. The second-order valence-corrected chi connectivity index (χ2v) is 6.24. The molecule has 0 aromatic heterocycles. The number of allylic oxidation sites excluding steroid dienone is 2. The van der Waals surface area contributed by atoms with Crippen molar-refractivity contribution in [2.75, 3.05) is 6.61 Å². The molecule has 0 saturated carbocycles. The first-order valence-corrected chi connectivity index (χ1v) is 9.08. The Balaban J connectivity index is 3.20. The van der Waals surface area contributed by atoms with Crippen molar-refractivity contribution in [3.05, 3.63) is 12.2 Å². The summed E-state index contributed by atoms with van der Waals surface area (Å²) in [7, 11) is 0. The predicted octanol–water partition coefficient (Wildman–Crippen LogP) is 6.26. The van der Waals surface area contributed by atoms with Gasteiger partial charge in [-0.2, -0.15) is 0 Å². The third-order valence-electron chi connectivity index (χ3n) is 4.01. The Bertz CT molecular complexity index is 198. The van der Waals surface area contributed by atoms with Crippen LogP contribution in [0.1, 0.15) is 97.3 Å². The summed E-state index contributed by atoms with van der Waals surface area (Å²) < 4.78 is 0. The van der Waals surface area contributed by atoms with Gasteiger partial charge in [0.15, 0.2) is 0 Å². The lowest BCUT2D eigenvalue weighted by atomic mass is 10.0. The van der Waals surface area contributed by atoms with Crippen molar-refractivity contribution < 1.29 is 5.11 Å². The normalized spacial score (nSPS) is 13.2. The lowest BCUT2D eigenvalue weighted by Crippen LogP contribution is -1.90. The van der Waals surface area contributed by atoms with E-state index in [0.29, 0.717) is 6.61 Å². The van der Waals surface area contributed by atoms with Crippen LogP contribution in [0.25, 0.3) is 0 Å². The summed E-state index contributed by atoms with van der Waals surface area (Å²) in [5.74, 6) is 0.765. The average molecular weight is 283 g/mol. The SMILES string of the molecule is CCCCCC=CC(C)CCCCCCCCCCO. The quantitative estimate of drug-likeness (QED) is 0.277.